The van der Waals surface area contributed by atoms with Crippen LogP contribution in [0.3, 0.4) is 0 Å². The molecule has 1 atom stereocenters. The predicted molar refractivity (Wildman–Crippen MR) is 68.4 cm³/mol. The van der Waals surface area contributed by atoms with E-state index < -0.39 is 12.0 Å². The van der Waals surface area contributed by atoms with Crippen LogP contribution in [0, 0.1) is 0 Å². The van der Waals surface area contributed by atoms with E-state index in [9.17, 15) is 18.3 Å². The maximum absolute atomic E-state index is 12.2. The zero-order valence-corrected chi connectivity index (χ0v) is 11.3. The topological polar surface area (TPSA) is 32.7 Å². The summed E-state index contributed by atoms with van der Waals surface area (Å²) in [4.78, 5) is 2.11. The molecule has 0 aliphatic carbocycles. The van der Waals surface area contributed by atoms with Gasteiger partial charge < -0.3 is 14.7 Å². The summed E-state index contributed by atoms with van der Waals surface area (Å²) in [7, 11) is 1.97. The molecule has 112 valence electrons. The van der Waals surface area contributed by atoms with E-state index in [1.165, 1.54) is 18.2 Å². The summed E-state index contributed by atoms with van der Waals surface area (Å²) in [6.45, 7) is 1.59. The molecule has 1 N–H and O–H groups in total. The van der Waals surface area contributed by atoms with Crippen molar-refractivity contribution in [2.45, 2.75) is 31.2 Å². The van der Waals surface area contributed by atoms with E-state index >= 15 is 0 Å². The number of nitrogens with zero attached hydrogens (tertiary/aromatic N) is 1. The molecule has 0 amide bonds. The van der Waals surface area contributed by atoms with Crippen LogP contribution in [0.15, 0.2) is 24.3 Å². The molecule has 0 radical (unpaired) electrons. The molecule has 0 aromatic heterocycles. The molecule has 6 heteroatoms. The van der Waals surface area contributed by atoms with E-state index in [-0.39, 0.29) is 5.75 Å². The van der Waals surface area contributed by atoms with Crippen LogP contribution in [0.2, 0.25) is 0 Å². The highest BCUT2D eigenvalue weighted by Gasteiger charge is 2.34. The molecule has 1 unspecified atom stereocenters. The average molecular weight is 289 g/mol. The number of hydrogen-bond acceptors (Lipinski definition) is 3. The SMILES string of the molecule is CN1CCCC(O)(c2cccc(OC(F)(F)F)c2)CC1. The van der Waals surface area contributed by atoms with Gasteiger partial charge >= 0.3 is 6.36 Å². The third-order valence-electron chi connectivity index (χ3n) is 3.64. The van der Waals surface area contributed by atoms with Crippen molar-refractivity contribution in [3.05, 3.63) is 29.8 Å². The van der Waals surface area contributed by atoms with Crippen molar-refractivity contribution in [1.82, 2.24) is 4.90 Å². The fourth-order valence-electron chi connectivity index (χ4n) is 2.53. The number of benzene rings is 1. The second-order valence-electron chi connectivity index (χ2n) is 5.26. The minimum Gasteiger partial charge on any atom is -0.406 e. The highest BCUT2D eigenvalue weighted by Crippen LogP contribution is 2.35. The summed E-state index contributed by atoms with van der Waals surface area (Å²) >= 11 is 0. The van der Waals surface area contributed by atoms with E-state index in [2.05, 4.69) is 9.64 Å². The number of rotatable bonds is 2. The standard InChI is InChI=1S/C14H18F3NO2/c1-18-8-3-6-13(19,7-9-18)11-4-2-5-12(10-11)20-14(15,16)17/h2,4-5,10,19H,3,6-9H2,1H3. The third kappa shape index (κ3) is 3.86. The predicted octanol–water partition coefficient (Wildman–Crippen LogP) is 2.89. The van der Waals surface area contributed by atoms with Gasteiger partial charge in [-0.15, -0.1) is 13.2 Å². The van der Waals surface area contributed by atoms with Gasteiger partial charge in [-0.3, -0.25) is 0 Å². The van der Waals surface area contributed by atoms with Crippen molar-refractivity contribution in [2.75, 3.05) is 20.1 Å². The molecule has 2 rings (SSSR count). The van der Waals surface area contributed by atoms with Crippen molar-refractivity contribution in [2.24, 2.45) is 0 Å². The second kappa shape index (κ2) is 5.61. The lowest BCUT2D eigenvalue weighted by Crippen LogP contribution is -2.28. The normalized spacial score (nSPS) is 25.2. The Balaban J connectivity index is 2.21. The minimum atomic E-state index is -4.72. The van der Waals surface area contributed by atoms with E-state index in [1.54, 1.807) is 6.07 Å². The summed E-state index contributed by atoms with van der Waals surface area (Å²) in [5.41, 5.74) is -0.607. The molecule has 1 aliphatic rings. The van der Waals surface area contributed by atoms with Crippen LogP contribution in [0.1, 0.15) is 24.8 Å². The summed E-state index contributed by atoms with van der Waals surface area (Å²) in [5.74, 6) is -0.291. The summed E-state index contributed by atoms with van der Waals surface area (Å²) in [5, 5.41) is 10.7. The van der Waals surface area contributed by atoms with Gasteiger partial charge in [-0.25, -0.2) is 0 Å². The van der Waals surface area contributed by atoms with Gasteiger partial charge in [0.25, 0.3) is 0 Å². The molecule has 0 spiro atoms. The first-order chi connectivity index (χ1) is 9.28. The number of aliphatic hydroxyl groups is 1. The quantitative estimate of drug-likeness (QED) is 0.908. The van der Waals surface area contributed by atoms with E-state index in [1.807, 2.05) is 7.05 Å². The maximum atomic E-state index is 12.2. The molecule has 1 aliphatic heterocycles. The summed E-state index contributed by atoms with van der Waals surface area (Å²) < 4.78 is 40.6. The van der Waals surface area contributed by atoms with Crippen LogP contribution in [0.5, 0.6) is 5.75 Å². The van der Waals surface area contributed by atoms with E-state index in [4.69, 9.17) is 0 Å². The summed E-state index contributed by atoms with van der Waals surface area (Å²) in [6, 6.07) is 5.64. The Hall–Kier alpha value is -1.27. The van der Waals surface area contributed by atoms with Crippen molar-refractivity contribution >= 4 is 0 Å². The lowest BCUT2D eigenvalue weighted by molar-refractivity contribution is -0.274. The number of halogens is 3. The van der Waals surface area contributed by atoms with Crippen LogP contribution in [0.25, 0.3) is 0 Å². The molecule has 1 fully saturated rings. The van der Waals surface area contributed by atoms with Crippen LogP contribution >= 0.6 is 0 Å². The van der Waals surface area contributed by atoms with Crippen molar-refractivity contribution < 1.29 is 23.0 Å². The maximum Gasteiger partial charge on any atom is 0.573 e. The Kier molecular flexibility index (Phi) is 4.25. The van der Waals surface area contributed by atoms with Crippen molar-refractivity contribution in [3.63, 3.8) is 0 Å². The van der Waals surface area contributed by atoms with E-state index in [0.717, 1.165) is 13.0 Å². The number of alkyl halides is 3. The number of ether oxygens (including phenoxy) is 1. The van der Waals surface area contributed by atoms with Gasteiger partial charge in [-0.1, -0.05) is 12.1 Å². The molecule has 1 saturated heterocycles. The van der Waals surface area contributed by atoms with Crippen molar-refractivity contribution in [3.8, 4) is 5.75 Å². The lowest BCUT2D eigenvalue weighted by Gasteiger charge is -2.27. The smallest absolute Gasteiger partial charge is 0.406 e. The van der Waals surface area contributed by atoms with Gasteiger partial charge in [0.15, 0.2) is 0 Å². The second-order valence-corrected chi connectivity index (χ2v) is 5.26. The largest absolute Gasteiger partial charge is 0.573 e. The molecule has 1 heterocycles. The van der Waals surface area contributed by atoms with Gasteiger partial charge in [0.2, 0.25) is 0 Å². The van der Waals surface area contributed by atoms with Crippen LogP contribution in [-0.4, -0.2) is 36.5 Å². The van der Waals surface area contributed by atoms with Crippen molar-refractivity contribution in [1.29, 1.82) is 0 Å². The fourth-order valence-corrected chi connectivity index (χ4v) is 2.53. The van der Waals surface area contributed by atoms with Crippen LogP contribution < -0.4 is 4.74 Å². The van der Waals surface area contributed by atoms with Gasteiger partial charge in [-0.2, -0.15) is 0 Å². The zero-order valence-electron chi connectivity index (χ0n) is 11.3. The third-order valence-corrected chi connectivity index (χ3v) is 3.64. The first kappa shape index (κ1) is 15.1. The van der Waals surface area contributed by atoms with Gasteiger partial charge in [0, 0.05) is 6.54 Å². The van der Waals surface area contributed by atoms with Gasteiger partial charge in [0.05, 0.1) is 5.60 Å². The Labute approximate surface area is 116 Å². The van der Waals surface area contributed by atoms with Gasteiger partial charge in [-0.05, 0) is 50.6 Å². The first-order valence-electron chi connectivity index (χ1n) is 6.56. The molecule has 20 heavy (non-hydrogen) atoms. The minimum absolute atomic E-state index is 0.291. The monoisotopic (exact) mass is 289 g/mol. The lowest BCUT2D eigenvalue weighted by atomic mass is 9.87. The molecule has 0 bridgehead atoms. The Morgan fingerprint density at radius 2 is 2.00 bits per heavy atom. The van der Waals surface area contributed by atoms with Crippen LogP contribution in [0.4, 0.5) is 13.2 Å². The molecular weight excluding hydrogens is 271 g/mol. The molecule has 1 aromatic carbocycles. The Bertz CT molecular complexity index is 464. The fraction of sp³-hybridized carbons (Fsp3) is 0.571. The number of likely N-dealkylation sites (tertiary alicyclic amines) is 1. The highest BCUT2D eigenvalue weighted by atomic mass is 19.4. The molecule has 3 nitrogen and oxygen atoms in total. The first-order valence-corrected chi connectivity index (χ1v) is 6.56. The summed E-state index contributed by atoms with van der Waals surface area (Å²) in [6.07, 6.45) is -2.88. The van der Waals surface area contributed by atoms with Gasteiger partial charge in [0.1, 0.15) is 5.75 Å². The van der Waals surface area contributed by atoms with E-state index in [0.29, 0.717) is 24.9 Å². The zero-order chi connectivity index (χ0) is 14.8. The highest BCUT2D eigenvalue weighted by molar-refractivity contribution is 5.32. The molecular formula is C14H18F3NO2. The number of hydrogen-bond donors (Lipinski definition) is 1. The Morgan fingerprint density at radius 3 is 2.70 bits per heavy atom. The van der Waals surface area contributed by atoms with Crippen LogP contribution in [-0.2, 0) is 5.60 Å². The molecule has 0 saturated carbocycles. The Morgan fingerprint density at radius 1 is 1.25 bits per heavy atom. The molecule has 1 aromatic rings. The average Bonchev–Trinajstić information content (AvgIpc) is 2.51.